The minimum absolute atomic E-state index is 0.0416. The van der Waals surface area contributed by atoms with E-state index >= 15 is 0 Å². The Labute approximate surface area is 163 Å². The molecule has 1 aliphatic heterocycles. The predicted molar refractivity (Wildman–Crippen MR) is 106 cm³/mol. The largest absolute Gasteiger partial charge is 0.492 e. The SMILES string of the molecule is O=C(NCC1Cc2ccccc2O1)Nc1cccc(OCCn2cccn2)c1. The number of amides is 2. The first kappa shape index (κ1) is 17.9. The van der Waals surface area contributed by atoms with Gasteiger partial charge in [-0.1, -0.05) is 24.3 Å². The smallest absolute Gasteiger partial charge is 0.319 e. The summed E-state index contributed by atoms with van der Waals surface area (Å²) in [6, 6.07) is 16.9. The van der Waals surface area contributed by atoms with Gasteiger partial charge in [0.25, 0.3) is 0 Å². The number of carbonyl (C=O) groups is 1. The number of fused-ring (bicyclic) bond motifs is 1. The topological polar surface area (TPSA) is 77.4 Å². The summed E-state index contributed by atoms with van der Waals surface area (Å²) < 4.78 is 13.4. The zero-order chi connectivity index (χ0) is 19.2. The molecule has 0 fully saturated rings. The van der Waals surface area contributed by atoms with Gasteiger partial charge in [0.1, 0.15) is 24.2 Å². The number of urea groups is 1. The first-order chi connectivity index (χ1) is 13.8. The molecule has 0 saturated heterocycles. The summed E-state index contributed by atoms with van der Waals surface area (Å²) in [5, 5.41) is 9.82. The molecular formula is C21H22N4O3. The van der Waals surface area contributed by atoms with Gasteiger partial charge in [0.05, 0.1) is 13.1 Å². The molecule has 0 radical (unpaired) electrons. The quantitative estimate of drug-likeness (QED) is 0.662. The summed E-state index contributed by atoms with van der Waals surface area (Å²) in [6.45, 7) is 1.60. The maximum Gasteiger partial charge on any atom is 0.319 e. The Hall–Kier alpha value is -3.48. The summed E-state index contributed by atoms with van der Waals surface area (Å²) in [7, 11) is 0. The highest BCUT2D eigenvalue weighted by Gasteiger charge is 2.22. The molecule has 0 bridgehead atoms. The van der Waals surface area contributed by atoms with E-state index in [0.29, 0.717) is 31.1 Å². The lowest BCUT2D eigenvalue weighted by Gasteiger charge is -2.13. The lowest BCUT2D eigenvalue weighted by molar-refractivity contribution is 0.219. The highest BCUT2D eigenvalue weighted by atomic mass is 16.5. The average molecular weight is 378 g/mol. The van der Waals surface area contributed by atoms with Crippen molar-refractivity contribution in [1.29, 1.82) is 0 Å². The van der Waals surface area contributed by atoms with Crippen molar-refractivity contribution >= 4 is 11.7 Å². The Morgan fingerprint density at radius 1 is 1.21 bits per heavy atom. The van der Waals surface area contributed by atoms with Crippen LogP contribution in [-0.2, 0) is 13.0 Å². The first-order valence-corrected chi connectivity index (χ1v) is 9.26. The van der Waals surface area contributed by atoms with Gasteiger partial charge in [-0.05, 0) is 29.8 Å². The van der Waals surface area contributed by atoms with E-state index in [1.165, 1.54) is 5.56 Å². The molecule has 28 heavy (non-hydrogen) atoms. The molecule has 2 N–H and O–H groups in total. The van der Waals surface area contributed by atoms with E-state index in [-0.39, 0.29) is 12.1 Å². The molecule has 2 aromatic carbocycles. The summed E-state index contributed by atoms with van der Waals surface area (Å²) in [4.78, 5) is 12.2. The minimum atomic E-state index is -0.270. The van der Waals surface area contributed by atoms with E-state index in [2.05, 4.69) is 15.7 Å². The number of ether oxygens (including phenoxy) is 2. The third-order valence-electron chi connectivity index (χ3n) is 4.44. The number of benzene rings is 2. The predicted octanol–water partition coefficient (Wildman–Crippen LogP) is 3.09. The van der Waals surface area contributed by atoms with E-state index < -0.39 is 0 Å². The molecule has 0 saturated carbocycles. The Morgan fingerprint density at radius 3 is 3.00 bits per heavy atom. The fourth-order valence-electron chi connectivity index (χ4n) is 3.10. The highest BCUT2D eigenvalue weighted by molar-refractivity contribution is 5.89. The molecule has 3 aromatic rings. The monoisotopic (exact) mass is 378 g/mol. The van der Waals surface area contributed by atoms with Crippen LogP contribution >= 0.6 is 0 Å². The molecule has 1 aromatic heterocycles. The van der Waals surface area contributed by atoms with Gasteiger partial charge in [-0.3, -0.25) is 4.68 Å². The van der Waals surface area contributed by atoms with Crippen molar-refractivity contribution in [3.63, 3.8) is 0 Å². The van der Waals surface area contributed by atoms with Gasteiger partial charge in [0.2, 0.25) is 0 Å². The van der Waals surface area contributed by atoms with Crippen LogP contribution in [0.25, 0.3) is 0 Å². The fourth-order valence-corrected chi connectivity index (χ4v) is 3.10. The van der Waals surface area contributed by atoms with Crippen molar-refractivity contribution in [2.45, 2.75) is 19.1 Å². The van der Waals surface area contributed by atoms with E-state index in [9.17, 15) is 4.79 Å². The zero-order valence-electron chi connectivity index (χ0n) is 15.4. The van der Waals surface area contributed by atoms with Gasteiger partial charge in [0.15, 0.2) is 0 Å². The Bertz CT molecular complexity index is 902. The number of carbonyl (C=O) groups excluding carboxylic acids is 1. The zero-order valence-corrected chi connectivity index (χ0v) is 15.4. The van der Waals surface area contributed by atoms with Crippen molar-refractivity contribution in [2.75, 3.05) is 18.5 Å². The second kappa shape index (κ2) is 8.47. The normalized spacial score (nSPS) is 14.8. The maximum absolute atomic E-state index is 12.2. The molecule has 0 aliphatic carbocycles. The van der Waals surface area contributed by atoms with E-state index in [4.69, 9.17) is 9.47 Å². The molecule has 2 heterocycles. The summed E-state index contributed by atoms with van der Waals surface area (Å²) in [5.74, 6) is 1.59. The van der Waals surface area contributed by atoms with Gasteiger partial charge in [-0.25, -0.2) is 4.79 Å². The van der Waals surface area contributed by atoms with Crippen molar-refractivity contribution in [3.8, 4) is 11.5 Å². The second-order valence-electron chi connectivity index (χ2n) is 6.53. The molecule has 4 rings (SSSR count). The number of aromatic nitrogens is 2. The second-order valence-corrected chi connectivity index (χ2v) is 6.53. The third kappa shape index (κ3) is 4.62. The highest BCUT2D eigenvalue weighted by Crippen LogP contribution is 2.27. The van der Waals surface area contributed by atoms with Gasteiger partial charge in [-0.15, -0.1) is 0 Å². The molecular weight excluding hydrogens is 356 g/mol. The van der Waals surface area contributed by atoms with Crippen LogP contribution in [0.2, 0.25) is 0 Å². The number of rotatable bonds is 7. The minimum Gasteiger partial charge on any atom is -0.492 e. The Balaban J connectivity index is 1.22. The van der Waals surface area contributed by atoms with Crippen molar-refractivity contribution < 1.29 is 14.3 Å². The lowest BCUT2D eigenvalue weighted by atomic mass is 10.1. The number of nitrogens with one attached hydrogen (secondary N) is 2. The van der Waals surface area contributed by atoms with Crippen LogP contribution in [0.5, 0.6) is 11.5 Å². The Morgan fingerprint density at radius 2 is 2.14 bits per heavy atom. The molecule has 2 amide bonds. The molecule has 1 atom stereocenters. The number of para-hydroxylation sites is 1. The molecule has 7 heteroatoms. The number of anilines is 1. The third-order valence-corrected chi connectivity index (χ3v) is 4.44. The number of nitrogens with zero attached hydrogens (tertiary/aromatic N) is 2. The van der Waals surface area contributed by atoms with E-state index in [1.807, 2.05) is 54.7 Å². The van der Waals surface area contributed by atoms with Gasteiger partial charge in [0, 0.05) is 30.6 Å². The van der Waals surface area contributed by atoms with Crippen molar-refractivity contribution in [3.05, 3.63) is 72.6 Å². The van der Waals surface area contributed by atoms with Crippen LogP contribution < -0.4 is 20.1 Å². The van der Waals surface area contributed by atoms with Crippen LogP contribution in [0, 0.1) is 0 Å². The molecule has 0 spiro atoms. The van der Waals surface area contributed by atoms with Crippen molar-refractivity contribution in [1.82, 2.24) is 15.1 Å². The number of hydrogen-bond donors (Lipinski definition) is 2. The van der Waals surface area contributed by atoms with Crippen LogP contribution in [-0.4, -0.2) is 35.1 Å². The summed E-state index contributed by atoms with van der Waals surface area (Å²) in [5.41, 5.74) is 1.85. The van der Waals surface area contributed by atoms with E-state index in [1.54, 1.807) is 16.9 Å². The Kier molecular flexibility index (Phi) is 5.42. The van der Waals surface area contributed by atoms with Crippen LogP contribution in [0.3, 0.4) is 0 Å². The standard InChI is InChI=1S/C21H22N4O3/c26-21(22-15-19-13-16-5-1-2-8-20(16)28-19)24-17-6-3-7-18(14-17)27-12-11-25-10-4-9-23-25/h1-10,14,19H,11-13,15H2,(H2,22,24,26). The first-order valence-electron chi connectivity index (χ1n) is 9.26. The van der Waals surface area contributed by atoms with Gasteiger partial charge < -0.3 is 20.1 Å². The number of hydrogen-bond acceptors (Lipinski definition) is 4. The van der Waals surface area contributed by atoms with Crippen LogP contribution in [0.15, 0.2) is 67.0 Å². The van der Waals surface area contributed by atoms with Crippen LogP contribution in [0.4, 0.5) is 10.5 Å². The van der Waals surface area contributed by atoms with Crippen LogP contribution in [0.1, 0.15) is 5.56 Å². The maximum atomic E-state index is 12.2. The summed E-state index contributed by atoms with van der Waals surface area (Å²) >= 11 is 0. The van der Waals surface area contributed by atoms with Crippen molar-refractivity contribution in [2.24, 2.45) is 0 Å². The molecule has 144 valence electrons. The molecule has 1 unspecified atom stereocenters. The van der Waals surface area contributed by atoms with E-state index in [0.717, 1.165) is 12.2 Å². The fraction of sp³-hybridized carbons (Fsp3) is 0.238. The lowest BCUT2D eigenvalue weighted by Crippen LogP contribution is -2.37. The average Bonchev–Trinajstić information content (AvgIpc) is 3.36. The summed E-state index contributed by atoms with van der Waals surface area (Å²) in [6.07, 6.45) is 4.38. The molecule has 1 aliphatic rings. The molecule has 7 nitrogen and oxygen atoms in total. The van der Waals surface area contributed by atoms with Gasteiger partial charge in [-0.2, -0.15) is 5.10 Å². The van der Waals surface area contributed by atoms with Gasteiger partial charge >= 0.3 is 6.03 Å².